The minimum Gasteiger partial charge on any atom is -0.388 e. The first-order valence-electron chi connectivity index (χ1n) is 7.26. The van der Waals surface area contributed by atoms with Crippen molar-refractivity contribution in [2.75, 3.05) is 0 Å². The van der Waals surface area contributed by atoms with Gasteiger partial charge in [0, 0.05) is 5.56 Å². The van der Waals surface area contributed by atoms with Crippen LogP contribution in [-0.2, 0) is 4.74 Å². The van der Waals surface area contributed by atoms with Crippen molar-refractivity contribution in [3.05, 3.63) is 48.0 Å². The predicted octanol–water partition coefficient (Wildman–Crippen LogP) is 0.458. The van der Waals surface area contributed by atoms with Gasteiger partial charge in [0.1, 0.15) is 18.3 Å². The number of fused-ring (bicyclic) bond motifs is 1. The van der Waals surface area contributed by atoms with Crippen LogP contribution in [0, 0.1) is 0 Å². The SMILES string of the molecule is C[C@H]1OC(O)[C@H](O)[C@@H](O)[C@H]1O.O=Cc1cccc2ccccc12. The van der Waals surface area contributed by atoms with E-state index in [4.69, 9.17) is 20.4 Å². The minimum absolute atomic E-state index is 0.664. The molecule has 1 heterocycles. The minimum atomic E-state index is -1.43. The second-order valence-electron chi connectivity index (χ2n) is 5.39. The number of carbonyl (C=O) groups excluding carboxylic acids is 1. The average Bonchev–Trinajstić information content (AvgIpc) is 2.58. The lowest BCUT2D eigenvalue weighted by molar-refractivity contribution is -0.277. The zero-order valence-electron chi connectivity index (χ0n) is 12.6. The molecule has 1 saturated heterocycles. The number of rotatable bonds is 1. The van der Waals surface area contributed by atoms with Gasteiger partial charge in [-0.25, -0.2) is 0 Å². The van der Waals surface area contributed by atoms with E-state index >= 15 is 0 Å². The Hall–Kier alpha value is -1.83. The highest BCUT2D eigenvalue weighted by molar-refractivity contribution is 5.97. The molecule has 1 unspecified atom stereocenters. The van der Waals surface area contributed by atoms with Crippen molar-refractivity contribution in [3.8, 4) is 0 Å². The first kappa shape index (κ1) is 17.5. The summed E-state index contributed by atoms with van der Waals surface area (Å²) in [5.74, 6) is 0. The summed E-state index contributed by atoms with van der Waals surface area (Å²) in [5, 5.41) is 38.1. The summed E-state index contributed by atoms with van der Waals surface area (Å²) in [5.41, 5.74) is 0.758. The van der Waals surface area contributed by atoms with Crippen LogP contribution in [0.5, 0.6) is 0 Å². The van der Waals surface area contributed by atoms with Crippen molar-refractivity contribution in [1.29, 1.82) is 0 Å². The van der Waals surface area contributed by atoms with Crippen LogP contribution in [-0.4, -0.2) is 57.4 Å². The second-order valence-corrected chi connectivity index (χ2v) is 5.39. The second kappa shape index (κ2) is 7.63. The van der Waals surface area contributed by atoms with Crippen molar-refractivity contribution in [2.45, 2.75) is 37.6 Å². The molecule has 4 N–H and O–H groups in total. The first-order valence-corrected chi connectivity index (χ1v) is 7.26. The maximum Gasteiger partial charge on any atom is 0.183 e. The smallest absolute Gasteiger partial charge is 0.183 e. The molecule has 0 saturated carbocycles. The van der Waals surface area contributed by atoms with Crippen LogP contribution in [0.1, 0.15) is 17.3 Å². The number of carbonyl (C=O) groups is 1. The van der Waals surface area contributed by atoms with E-state index in [1.807, 2.05) is 42.5 Å². The highest BCUT2D eigenvalue weighted by Gasteiger charge is 2.40. The molecule has 1 aliphatic heterocycles. The van der Waals surface area contributed by atoms with Crippen LogP contribution in [0.15, 0.2) is 42.5 Å². The Morgan fingerprint density at radius 2 is 1.57 bits per heavy atom. The van der Waals surface area contributed by atoms with Gasteiger partial charge in [0.15, 0.2) is 12.6 Å². The molecule has 1 fully saturated rings. The fourth-order valence-electron chi connectivity index (χ4n) is 2.38. The summed E-state index contributed by atoms with van der Waals surface area (Å²) in [6, 6.07) is 13.6. The van der Waals surface area contributed by atoms with Gasteiger partial charge in [0.05, 0.1) is 6.10 Å². The molecular formula is C17H20O6. The third kappa shape index (κ3) is 3.93. The van der Waals surface area contributed by atoms with Crippen LogP contribution in [0.25, 0.3) is 10.8 Å². The molecule has 0 bridgehead atoms. The van der Waals surface area contributed by atoms with Crippen molar-refractivity contribution in [3.63, 3.8) is 0 Å². The van der Waals surface area contributed by atoms with Crippen LogP contribution in [0.2, 0.25) is 0 Å². The number of hydrogen-bond donors (Lipinski definition) is 4. The molecular weight excluding hydrogens is 300 g/mol. The third-order valence-electron chi connectivity index (χ3n) is 3.78. The zero-order chi connectivity index (χ0) is 17.0. The predicted molar refractivity (Wildman–Crippen MR) is 83.9 cm³/mol. The van der Waals surface area contributed by atoms with Crippen LogP contribution in [0.3, 0.4) is 0 Å². The van der Waals surface area contributed by atoms with E-state index in [9.17, 15) is 4.79 Å². The van der Waals surface area contributed by atoms with E-state index in [1.54, 1.807) is 0 Å². The molecule has 2 aromatic rings. The number of aliphatic hydroxyl groups is 4. The van der Waals surface area contributed by atoms with Crippen molar-refractivity contribution >= 4 is 17.1 Å². The molecule has 6 nitrogen and oxygen atoms in total. The van der Waals surface area contributed by atoms with Crippen LogP contribution >= 0.6 is 0 Å². The van der Waals surface area contributed by atoms with Gasteiger partial charge in [0.2, 0.25) is 0 Å². The van der Waals surface area contributed by atoms with E-state index in [0.29, 0.717) is 0 Å². The standard InChI is InChI=1S/C11H8O.C6H12O5/c12-8-10-6-3-5-9-4-1-2-7-11(9)10;1-2-3(7)4(8)5(9)6(10)11-2/h1-8H;2-10H,1H3/t;2-,3+,4+,5-,6?/m.1/s1. The van der Waals surface area contributed by atoms with Gasteiger partial charge in [-0.2, -0.15) is 0 Å². The van der Waals surface area contributed by atoms with Gasteiger partial charge in [-0.05, 0) is 17.7 Å². The number of benzene rings is 2. The third-order valence-corrected chi connectivity index (χ3v) is 3.78. The Bertz CT molecular complexity index is 639. The van der Waals surface area contributed by atoms with E-state index in [2.05, 4.69) is 4.74 Å². The Labute approximate surface area is 133 Å². The van der Waals surface area contributed by atoms with E-state index in [-0.39, 0.29) is 0 Å². The Balaban J connectivity index is 0.000000168. The topological polar surface area (TPSA) is 107 Å². The highest BCUT2D eigenvalue weighted by Crippen LogP contribution is 2.19. The lowest BCUT2D eigenvalue weighted by atomic mass is 10.0. The molecule has 0 aromatic heterocycles. The summed E-state index contributed by atoms with van der Waals surface area (Å²) >= 11 is 0. The molecule has 0 aliphatic carbocycles. The van der Waals surface area contributed by atoms with E-state index in [0.717, 1.165) is 22.6 Å². The number of hydrogen-bond acceptors (Lipinski definition) is 6. The number of aliphatic hydroxyl groups excluding tert-OH is 4. The molecule has 0 amide bonds. The molecule has 0 radical (unpaired) electrons. The van der Waals surface area contributed by atoms with Gasteiger partial charge in [-0.1, -0.05) is 42.5 Å². The first-order chi connectivity index (χ1) is 11.0. The summed E-state index contributed by atoms with van der Waals surface area (Å²) < 4.78 is 4.68. The van der Waals surface area contributed by atoms with Gasteiger partial charge in [-0.3, -0.25) is 4.79 Å². The van der Waals surface area contributed by atoms with Gasteiger partial charge >= 0.3 is 0 Å². The summed E-state index contributed by atoms with van der Waals surface area (Å²) in [4.78, 5) is 10.6. The maximum absolute atomic E-state index is 10.6. The lowest BCUT2D eigenvalue weighted by Crippen LogP contribution is -2.56. The van der Waals surface area contributed by atoms with Crippen LogP contribution in [0.4, 0.5) is 0 Å². The Kier molecular flexibility index (Phi) is 5.81. The van der Waals surface area contributed by atoms with Crippen molar-refractivity contribution < 1.29 is 30.0 Å². The maximum atomic E-state index is 10.6. The lowest BCUT2D eigenvalue weighted by Gasteiger charge is -2.36. The Morgan fingerprint density at radius 3 is 2.26 bits per heavy atom. The van der Waals surface area contributed by atoms with Gasteiger partial charge in [0.25, 0.3) is 0 Å². The molecule has 6 heteroatoms. The summed E-state index contributed by atoms with van der Waals surface area (Å²) in [6.45, 7) is 1.50. The van der Waals surface area contributed by atoms with Crippen LogP contribution < -0.4 is 0 Å². The molecule has 0 spiro atoms. The molecule has 1 aliphatic rings. The number of ether oxygens (including phenoxy) is 1. The van der Waals surface area contributed by atoms with Crippen molar-refractivity contribution in [2.24, 2.45) is 0 Å². The molecule has 124 valence electrons. The Morgan fingerprint density at radius 1 is 0.913 bits per heavy atom. The fourth-order valence-corrected chi connectivity index (χ4v) is 2.38. The monoisotopic (exact) mass is 320 g/mol. The van der Waals surface area contributed by atoms with E-state index < -0.39 is 30.7 Å². The fraction of sp³-hybridized carbons (Fsp3) is 0.353. The van der Waals surface area contributed by atoms with E-state index in [1.165, 1.54) is 6.92 Å². The molecule has 3 rings (SSSR count). The van der Waals surface area contributed by atoms with Gasteiger partial charge < -0.3 is 25.2 Å². The summed E-state index contributed by atoms with van der Waals surface area (Å²) in [6.07, 6.45) is -5.10. The zero-order valence-corrected chi connectivity index (χ0v) is 12.6. The number of aldehydes is 1. The molecule has 5 atom stereocenters. The average molecular weight is 320 g/mol. The van der Waals surface area contributed by atoms with Crippen molar-refractivity contribution in [1.82, 2.24) is 0 Å². The molecule has 2 aromatic carbocycles. The summed E-state index contributed by atoms with van der Waals surface area (Å²) in [7, 11) is 0. The largest absolute Gasteiger partial charge is 0.388 e. The molecule has 23 heavy (non-hydrogen) atoms. The van der Waals surface area contributed by atoms with Gasteiger partial charge in [-0.15, -0.1) is 0 Å². The quantitative estimate of drug-likeness (QED) is 0.569. The highest BCUT2D eigenvalue weighted by atomic mass is 16.6. The normalized spacial score (nSPS) is 30.4.